The Hall–Kier alpha value is -3.73. The van der Waals surface area contributed by atoms with Gasteiger partial charge in [-0.15, -0.1) is 0 Å². The van der Waals surface area contributed by atoms with Crippen molar-refractivity contribution in [2.45, 2.75) is 18.9 Å². The summed E-state index contributed by atoms with van der Waals surface area (Å²) in [6.07, 6.45) is 0.617. The topological polar surface area (TPSA) is 128 Å². The standard InChI is InChI=1S/C24H28N2O9/c1-31-19-9-15(10-20-24(19)34-8-7-33-20)17(12-21(29)32-2)23-22(30)18(28)11-16(35-23)13-25-3-5-26(14-27)6-4-25/h9-11,14,17,30H,3-8,12-13H2,1-2H3/t17-/m0/s1. The second-order valence-corrected chi connectivity index (χ2v) is 8.29. The predicted molar refractivity (Wildman–Crippen MR) is 122 cm³/mol. The van der Waals surface area contributed by atoms with Crippen LogP contribution in [0.15, 0.2) is 27.4 Å². The van der Waals surface area contributed by atoms with E-state index < -0.39 is 23.1 Å². The first-order valence-corrected chi connectivity index (χ1v) is 11.3. The summed E-state index contributed by atoms with van der Waals surface area (Å²) in [4.78, 5) is 39.7. The van der Waals surface area contributed by atoms with E-state index in [0.29, 0.717) is 74.5 Å². The number of aromatic hydroxyl groups is 1. The lowest BCUT2D eigenvalue weighted by Crippen LogP contribution is -2.45. The molecule has 2 aliphatic heterocycles. The highest BCUT2D eigenvalue weighted by atomic mass is 16.6. The summed E-state index contributed by atoms with van der Waals surface area (Å²) in [5.74, 6) is -0.460. The Morgan fingerprint density at radius 3 is 2.57 bits per heavy atom. The maximum absolute atomic E-state index is 12.7. The van der Waals surface area contributed by atoms with Gasteiger partial charge in [0, 0.05) is 32.2 Å². The average Bonchev–Trinajstić information content (AvgIpc) is 2.89. The first kappa shape index (κ1) is 24.4. The van der Waals surface area contributed by atoms with Crippen molar-refractivity contribution in [3.8, 4) is 23.0 Å². The molecule has 4 rings (SSSR count). The molecule has 1 saturated heterocycles. The van der Waals surface area contributed by atoms with Crippen LogP contribution < -0.4 is 19.6 Å². The smallest absolute Gasteiger partial charge is 0.306 e. The molecule has 35 heavy (non-hydrogen) atoms. The number of carbonyl (C=O) groups excluding carboxylic acids is 2. The van der Waals surface area contributed by atoms with Crippen LogP contribution in [0.5, 0.6) is 23.0 Å². The highest BCUT2D eigenvalue weighted by Crippen LogP contribution is 2.44. The number of piperazine rings is 1. The van der Waals surface area contributed by atoms with Crippen molar-refractivity contribution in [3.63, 3.8) is 0 Å². The quantitative estimate of drug-likeness (QED) is 0.426. The van der Waals surface area contributed by atoms with E-state index in [9.17, 15) is 19.5 Å². The maximum atomic E-state index is 12.7. The van der Waals surface area contributed by atoms with Gasteiger partial charge < -0.3 is 33.4 Å². The number of hydrogen-bond donors (Lipinski definition) is 1. The number of amides is 1. The Morgan fingerprint density at radius 2 is 1.89 bits per heavy atom. The van der Waals surface area contributed by atoms with Crippen LogP contribution in [0, 0.1) is 0 Å². The van der Waals surface area contributed by atoms with Crippen molar-refractivity contribution in [2.24, 2.45) is 0 Å². The summed E-state index contributed by atoms with van der Waals surface area (Å²) in [5.41, 5.74) is -0.0983. The largest absolute Gasteiger partial charge is 0.502 e. The van der Waals surface area contributed by atoms with Crippen molar-refractivity contribution in [3.05, 3.63) is 45.5 Å². The minimum Gasteiger partial charge on any atom is -0.502 e. The molecular formula is C24H28N2O9. The molecule has 3 heterocycles. The lowest BCUT2D eigenvalue weighted by Gasteiger charge is -2.32. The number of rotatable bonds is 8. The van der Waals surface area contributed by atoms with Gasteiger partial charge in [0.1, 0.15) is 19.0 Å². The van der Waals surface area contributed by atoms with Gasteiger partial charge >= 0.3 is 5.97 Å². The molecule has 0 aliphatic carbocycles. The Bertz CT molecular complexity index is 1120. The number of methoxy groups -OCH3 is 2. The molecule has 0 bridgehead atoms. The van der Waals surface area contributed by atoms with E-state index in [1.807, 2.05) is 4.90 Å². The normalized spacial score (nSPS) is 16.5. The van der Waals surface area contributed by atoms with Crippen molar-refractivity contribution in [1.29, 1.82) is 0 Å². The van der Waals surface area contributed by atoms with Gasteiger partial charge in [-0.25, -0.2) is 0 Å². The Labute approximate surface area is 201 Å². The highest BCUT2D eigenvalue weighted by Gasteiger charge is 2.30. The molecule has 1 atom stereocenters. The summed E-state index contributed by atoms with van der Waals surface area (Å²) < 4.78 is 27.7. The van der Waals surface area contributed by atoms with Gasteiger partial charge in [-0.1, -0.05) is 0 Å². The van der Waals surface area contributed by atoms with E-state index in [1.54, 1.807) is 17.0 Å². The summed E-state index contributed by atoms with van der Waals surface area (Å²) in [6, 6.07) is 4.58. The third kappa shape index (κ3) is 5.35. The van der Waals surface area contributed by atoms with Gasteiger partial charge in [0.25, 0.3) is 0 Å². The Morgan fingerprint density at radius 1 is 1.14 bits per heavy atom. The third-order valence-electron chi connectivity index (χ3n) is 6.10. The molecule has 2 aliphatic rings. The van der Waals surface area contributed by atoms with Crippen LogP contribution in [-0.2, 0) is 20.9 Å². The fourth-order valence-electron chi connectivity index (χ4n) is 4.22. The molecule has 1 amide bonds. The fourth-order valence-corrected chi connectivity index (χ4v) is 4.22. The molecule has 188 valence electrons. The molecule has 1 fully saturated rings. The molecule has 1 N–H and O–H groups in total. The van der Waals surface area contributed by atoms with Crippen molar-refractivity contribution < 1.29 is 38.1 Å². The molecule has 0 unspecified atom stereocenters. The van der Waals surface area contributed by atoms with Gasteiger partial charge in [-0.05, 0) is 17.7 Å². The van der Waals surface area contributed by atoms with Crippen LogP contribution in [-0.4, -0.2) is 80.9 Å². The van der Waals surface area contributed by atoms with E-state index in [2.05, 4.69) is 0 Å². The number of esters is 1. The molecule has 2 aromatic rings. The van der Waals surface area contributed by atoms with Gasteiger partial charge in [0.15, 0.2) is 17.3 Å². The molecular weight excluding hydrogens is 460 g/mol. The van der Waals surface area contributed by atoms with E-state index in [-0.39, 0.29) is 12.2 Å². The molecule has 11 nitrogen and oxygen atoms in total. The van der Waals surface area contributed by atoms with Crippen LogP contribution >= 0.6 is 0 Å². The molecule has 1 aromatic heterocycles. The van der Waals surface area contributed by atoms with Crippen molar-refractivity contribution in [1.82, 2.24) is 9.80 Å². The molecule has 0 spiro atoms. The lowest BCUT2D eigenvalue weighted by molar-refractivity contribution is -0.141. The average molecular weight is 488 g/mol. The minimum atomic E-state index is -0.855. The SMILES string of the molecule is COC(=O)C[C@@H](c1cc(OC)c2c(c1)OCCO2)c1oc(CN2CCN(C=O)CC2)cc(=O)c1O. The number of benzene rings is 1. The first-order chi connectivity index (χ1) is 16.9. The zero-order valence-electron chi connectivity index (χ0n) is 19.7. The Kier molecular flexibility index (Phi) is 7.45. The molecule has 1 aromatic carbocycles. The molecule has 0 radical (unpaired) electrons. The maximum Gasteiger partial charge on any atom is 0.306 e. The predicted octanol–water partition coefficient (Wildman–Crippen LogP) is 1.09. The van der Waals surface area contributed by atoms with E-state index in [0.717, 1.165) is 6.41 Å². The second-order valence-electron chi connectivity index (χ2n) is 8.29. The number of carbonyl (C=O) groups is 2. The van der Waals surface area contributed by atoms with Crippen LogP contribution in [0.3, 0.4) is 0 Å². The van der Waals surface area contributed by atoms with Crippen LogP contribution in [0.25, 0.3) is 0 Å². The Balaban J connectivity index is 1.72. The van der Waals surface area contributed by atoms with Gasteiger partial charge in [-0.2, -0.15) is 0 Å². The molecule has 11 heteroatoms. The number of ether oxygens (including phenoxy) is 4. The van der Waals surface area contributed by atoms with Crippen LogP contribution in [0.1, 0.15) is 29.4 Å². The number of fused-ring (bicyclic) bond motifs is 1. The fraction of sp³-hybridized carbons (Fsp3) is 0.458. The van der Waals surface area contributed by atoms with E-state index in [4.69, 9.17) is 23.4 Å². The zero-order chi connectivity index (χ0) is 24.9. The summed E-state index contributed by atoms with van der Waals surface area (Å²) in [7, 11) is 2.74. The summed E-state index contributed by atoms with van der Waals surface area (Å²) in [5, 5.41) is 10.7. The first-order valence-electron chi connectivity index (χ1n) is 11.3. The second kappa shape index (κ2) is 10.7. The van der Waals surface area contributed by atoms with Gasteiger partial charge in [0.2, 0.25) is 23.3 Å². The van der Waals surface area contributed by atoms with Crippen LogP contribution in [0.4, 0.5) is 0 Å². The van der Waals surface area contributed by atoms with Gasteiger partial charge in [0.05, 0.1) is 33.1 Å². The van der Waals surface area contributed by atoms with Crippen molar-refractivity contribution >= 4 is 12.4 Å². The monoisotopic (exact) mass is 488 g/mol. The molecule has 0 saturated carbocycles. The minimum absolute atomic E-state index is 0.0526. The summed E-state index contributed by atoms with van der Waals surface area (Å²) in [6.45, 7) is 3.39. The third-order valence-corrected chi connectivity index (χ3v) is 6.10. The zero-order valence-corrected chi connectivity index (χ0v) is 19.7. The van der Waals surface area contributed by atoms with Gasteiger partial charge in [-0.3, -0.25) is 19.3 Å². The van der Waals surface area contributed by atoms with E-state index in [1.165, 1.54) is 20.3 Å². The number of nitrogens with zero attached hydrogens (tertiary/aromatic N) is 2. The number of hydrogen-bond acceptors (Lipinski definition) is 10. The summed E-state index contributed by atoms with van der Waals surface area (Å²) >= 11 is 0. The van der Waals surface area contributed by atoms with Crippen LogP contribution in [0.2, 0.25) is 0 Å². The van der Waals surface area contributed by atoms with Crippen molar-refractivity contribution in [2.75, 3.05) is 53.6 Å². The highest BCUT2D eigenvalue weighted by molar-refractivity contribution is 5.71. The lowest BCUT2D eigenvalue weighted by atomic mass is 9.91. The van der Waals surface area contributed by atoms with E-state index >= 15 is 0 Å².